The molecule has 1 heteroatoms. The summed E-state index contributed by atoms with van der Waals surface area (Å²) in [4.78, 5) is 0. The molecule has 0 saturated heterocycles. The van der Waals surface area contributed by atoms with E-state index in [1.807, 2.05) is 0 Å². The molecule has 0 bridgehead atoms. The lowest BCUT2D eigenvalue weighted by Crippen LogP contribution is -2.40. The Kier molecular flexibility index (Phi) is 8.09. The fraction of sp³-hybridized carbons (Fsp3) is 1.00. The van der Waals surface area contributed by atoms with Crippen LogP contribution in [0.15, 0.2) is 0 Å². The Morgan fingerprint density at radius 1 is 0.938 bits per heavy atom. The minimum absolute atomic E-state index is 0.526. The monoisotopic (exact) mass is 227 g/mol. The van der Waals surface area contributed by atoms with Crippen LogP contribution >= 0.6 is 0 Å². The minimum atomic E-state index is 0.526. The number of rotatable bonds is 9. The summed E-state index contributed by atoms with van der Waals surface area (Å²) in [6, 6.07) is 0. The van der Waals surface area contributed by atoms with E-state index in [0.29, 0.717) is 5.41 Å². The van der Waals surface area contributed by atoms with Gasteiger partial charge < -0.3 is 5.32 Å². The second kappa shape index (κ2) is 8.11. The molecule has 0 atom stereocenters. The van der Waals surface area contributed by atoms with Crippen molar-refractivity contribution in [1.82, 2.24) is 5.32 Å². The van der Waals surface area contributed by atoms with Crippen molar-refractivity contribution in [3.63, 3.8) is 0 Å². The van der Waals surface area contributed by atoms with Crippen molar-refractivity contribution < 1.29 is 0 Å². The molecule has 1 N–H and O–H groups in total. The number of nitrogens with one attached hydrogen (secondary N) is 1. The average Bonchev–Trinajstić information content (AvgIpc) is 2.28. The zero-order valence-electron chi connectivity index (χ0n) is 12.4. The molecule has 1 nitrogen and oxygen atoms in total. The standard InChI is InChI=1S/C15H33N/c1-7-14(8-2)15(9-3,10-4)12-16-11-13(5)6/h13-14,16H,7-12H2,1-6H3. The third-order valence-electron chi connectivity index (χ3n) is 4.29. The second-order valence-corrected chi connectivity index (χ2v) is 5.61. The van der Waals surface area contributed by atoms with Gasteiger partial charge in [0.1, 0.15) is 0 Å². The normalized spacial score (nSPS) is 12.8. The molecule has 0 heterocycles. The molecule has 0 fully saturated rings. The molecule has 98 valence electrons. The van der Waals surface area contributed by atoms with E-state index < -0.39 is 0 Å². The van der Waals surface area contributed by atoms with Gasteiger partial charge in [-0.3, -0.25) is 0 Å². The summed E-state index contributed by atoms with van der Waals surface area (Å²) in [5.74, 6) is 1.63. The predicted octanol–water partition coefficient (Wildman–Crippen LogP) is 4.47. The van der Waals surface area contributed by atoms with Crippen molar-refractivity contribution in [3.05, 3.63) is 0 Å². The molecule has 0 spiro atoms. The van der Waals surface area contributed by atoms with Crippen LogP contribution in [0.5, 0.6) is 0 Å². The summed E-state index contributed by atoms with van der Waals surface area (Å²) in [5.41, 5.74) is 0.526. The van der Waals surface area contributed by atoms with Gasteiger partial charge in [0.25, 0.3) is 0 Å². The quantitative estimate of drug-likeness (QED) is 0.612. The lowest BCUT2D eigenvalue weighted by atomic mass is 9.69. The van der Waals surface area contributed by atoms with Gasteiger partial charge in [-0.1, -0.05) is 54.4 Å². The first-order chi connectivity index (χ1) is 7.56. The van der Waals surface area contributed by atoms with Crippen LogP contribution < -0.4 is 5.32 Å². The van der Waals surface area contributed by atoms with Crippen LogP contribution in [0.3, 0.4) is 0 Å². The third-order valence-corrected chi connectivity index (χ3v) is 4.29. The lowest BCUT2D eigenvalue weighted by molar-refractivity contribution is 0.127. The Morgan fingerprint density at radius 3 is 1.75 bits per heavy atom. The van der Waals surface area contributed by atoms with Gasteiger partial charge in [0, 0.05) is 6.54 Å². The van der Waals surface area contributed by atoms with Crippen molar-refractivity contribution in [2.24, 2.45) is 17.3 Å². The van der Waals surface area contributed by atoms with E-state index >= 15 is 0 Å². The van der Waals surface area contributed by atoms with Crippen LogP contribution in [0, 0.1) is 17.3 Å². The first-order valence-electron chi connectivity index (χ1n) is 7.26. The van der Waals surface area contributed by atoms with Crippen molar-refractivity contribution >= 4 is 0 Å². The fourth-order valence-electron chi connectivity index (χ4n) is 2.99. The topological polar surface area (TPSA) is 12.0 Å². The molecule has 0 aliphatic rings. The van der Waals surface area contributed by atoms with Gasteiger partial charge >= 0.3 is 0 Å². The summed E-state index contributed by atoms with van der Waals surface area (Å²) in [6.45, 7) is 16.3. The number of hydrogen-bond donors (Lipinski definition) is 1. The van der Waals surface area contributed by atoms with E-state index in [9.17, 15) is 0 Å². The summed E-state index contributed by atoms with van der Waals surface area (Å²) in [6.07, 6.45) is 5.25. The van der Waals surface area contributed by atoms with Crippen LogP contribution in [-0.2, 0) is 0 Å². The summed E-state index contributed by atoms with van der Waals surface area (Å²) >= 11 is 0. The maximum Gasteiger partial charge on any atom is 0.00104 e. The van der Waals surface area contributed by atoms with Gasteiger partial charge in [-0.25, -0.2) is 0 Å². The first kappa shape index (κ1) is 16.0. The Morgan fingerprint density at radius 2 is 1.44 bits per heavy atom. The molecule has 0 aromatic carbocycles. The molecule has 0 rings (SSSR count). The summed E-state index contributed by atoms with van der Waals surface area (Å²) in [5, 5.41) is 3.68. The van der Waals surface area contributed by atoms with Gasteiger partial charge in [-0.05, 0) is 36.6 Å². The summed E-state index contributed by atoms with van der Waals surface area (Å²) < 4.78 is 0. The van der Waals surface area contributed by atoms with E-state index in [0.717, 1.165) is 18.4 Å². The van der Waals surface area contributed by atoms with Crippen LogP contribution in [0.1, 0.15) is 67.2 Å². The van der Waals surface area contributed by atoms with Crippen molar-refractivity contribution in [1.29, 1.82) is 0 Å². The van der Waals surface area contributed by atoms with Crippen LogP contribution in [0.4, 0.5) is 0 Å². The van der Waals surface area contributed by atoms with Gasteiger partial charge in [0.2, 0.25) is 0 Å². The Hall–Kier alpha value is -0.0400. The molecule has 0 aliphatic heterocycles. The molecule has 16 heavy (non-hydrogen) atoms. The van der Waals surface area contributed by atoms with E-state index in [1.165, 1.54) is 32.2 Å². The predicted molar refractivity (Wildman–Crippen MR) is 74.8 cm³/mol. The Labute approximate surface area is 103 Å². The van der Waals surface area contributed by atoms with E-state index in [1.54, 1.807) is 0 Å². The zero-order chi connectivity index (χ0) is 12.6. The smallest absolute Gasteiger partial charge is 0.00104 e. The first-order valence-corrected chi connectivity index (χ1v) is 7.26. The number of hydrogen-bond acceptors (Lipinski definition) is 1. The summed E-state index contributed by atoms with van der Waals surface area (Å²) in [7, 11) is 0. The van der Waals surface area contributed by atoms with Crippen molar-refractivity contribution in [2.45, 2.75) is 67.2 Å². The molecule has 0 aliphatic carbocycles. The SMILES string of the molecule is CCC(CC)C(CC)(CC)CNCC(C)C. The highest BCUT2D eigenvalue weighted by Crippen LogP contribution is 2.38. The van der Waals surface area contributed by atoms with Gasteiger partial charge in [0.05, 0.1) is 0 Å². The molecule has 0 saturated carbocycles. The molecule has 0 aromatic rings. The zero-order valence-corrected chi connectivity index (χ0v) is 12.4. The average molecular weight is 227 g/mol. The van der Waals surface area contributed by atoms with Gasteiger partial charge in [-0.2, -0.15) is 0 Å². The molecular weight excluding hydrogens is 194 g/mol. The lowest BCUT2D eigenvalue weighted by Gasteiger charge is -2.39. The molecule has 0 aromatic heterocycles. The maximum atomic E-state index is 3.68. The minimum Gasteiger partial charge on any atom is -0.316 e. The highest BCUT2D eigenvalue weighted by atomic mass is 14.9. The third kappa shape index (κ3) is 4.45. The largest absolute Gasteiger partial charge is 0.316 e. The maximum absolute atomic E-state index is 3.68. The van der Waals surface area contributed by atoms with Crippen LogP contribution in [0.25, 0.3) is 0 Å². The fourth-order valence-corrected chi connectivity index (χ4v) is 2.99. The van der Waals surface area contributed by atoms with E-state index in [2.05, 4.69) is 46.9 Å². The van der Waals surface area contributed by atoms with Crippen molar-refractivity contribution in [3.8, 4) is 0 Å². The molecule has 0 radical (unpaired) electrons. The van der Waals surface area contributed by atoms with Gasteiger partial charge in [-0.15, -0.1) is 0 Å². The van der Waals surface area contributed by atoms with Crippen molar-refractivity contribution in [2.75, 3.05) is 13.1 Å². The highest BCUT2D eigenvalue weighted by molar-refractivity contribution is 4.85. The molecule has 0 amide bonds. The van der Waals surface area contributed by atoms with E-state index in [-0.39, 0.29) is 0 Å². The Balaban J connectivity index is 4.42. The Bertz CT molecular complexity index is 155. The molecular formula is C15H33N. The van der Waals surface area contributed by atoms with Crippen LogP contribution in [-0.4, -0.2) is 13.1 Å². The highest BCUT2D eigenvalue weighted by Gasteiger charge is 2.32. The van der Waals surface area contributed by atoms with Gasteiger partial charge in [0.15, 0.2) is 0 Å². The van der Waals surface area contributed by atoms with Crippen LogP contribution in [0.2, 0.25) is 0 Å². The molecule has 0 unspecified atom stereocenters. The second-order valence-electron chi connectivity index (χ2n) is 5.61. The van der Waals surface area contributed by atoms with E-state index in [4.69, 9.17) is 0 Å².